The number of likely N-dealkylation sites (N-methyl/N-ethyl adjacent to an activating group) is 1. The third kappa shape index (κ3) is 1.75. The molecule has 3 heterocycles. The van der Waals surface area contributed by atoms with Crippen LogP contribution < -0.4 is 10.2 Å². The number of nitrogens with zero attached hydrogens (tertiary/aromatic N) is 2. The summed E-state index contributed by atoms with van der Waals surface area (Å²) in [4.78, 5) is 2.21. The van der Waals surface area contributed by atoms with Crippen molar-refractivity contribution in [2.45, 2.75) is 26.3 Å². The molecule has 0 bridgehead atoms. The van der Waals surface area contributed by atoms with Gasteiger partial charge in [0.1, 0.15) is 18.3 Å². The second kappa shape index (κ2) is 4.08. The quantitative estimate of drug-likeness (QED) is 0.882. The first-order valence-corrected chi connectivity index (χ1v) is 6.10. The van der Waals surface area contributed by atoms with E-state index in [4.69, 9.17) is 8.94 Å². The van der Waals surface area contributed by atoms with Crippen molar-refractivity contribution in [3.63, 3.8) is 0 Å². The Balaban J connectivity index is 1.80. The molecule has 0 radical (unpaired) electrons. The van der Waals surface area contributed by atoms with Crippen LogP contribution in [-0.2, 0) is 6.42 Å². The van der Waals surface area contributed by atoms with Crippen molar-refractivity contribution in [3.8, 4) is 0 Å². The van der Waals surface area contributed by atoms with E-state index in [-0.39, 0.29) is 0 Å². The van der Waals surface area contributed by atoms with Crippen LogP contribution in [0.5, 0.6) is 0 Å². The summed E-state index contributed by atoms with van der Waals surface area (Å²) < 4.78 is 10.4. The molecule has 1 N–H and O–H groups in total. The van der Waals surface area contributed by atoms with Gasteiger partial charge in [-0.2, -0.15) is 0 Å². The van der Waals surface area contributed by atoms with Crippen LogP contribution in [0.15, 0.2) is 21.5 Å². The van der Waals surface area contributed by atoms with Crippen LogP contribution in [0.3, 0.4) is 0 Å². The van der Waals surface area contributed by atoms with Gasteiger partial charge in [-0.15, -0.1) is 0 Å². The van der Waals surface area contributed by atoms with Crippen LogP contribution in [0.4, 0.5) is 11.4 Å². The van der Waals surface area contributed by atoms with E-state index >= 15 is 0 Å². The van der Waals surface area contributed by atoms with E-state index in [2.05, 4.69) is 22.4 Å². The molecule has 1 aliphatic heterocycles. The number of fused-ring (bicyclic) bond motifs is 1. The SMILES string of the molecule is Cc1noc(C)c1CC1CN(C)c2cocc2N1. The van der Waals surface area contributed by atoms with Gasteiger partial charge in [0.25, 0.3) is 0 Å². The molecule has 0 aromatic carbocycles. The van der Waals surface area contributed by atoms with Gasteiger partial charge in [0.05, 0.1) is 17.1 Å². The molecule has 0 spiro atoms. The van der Waals surface area contributed by atoms with E-state index in [0.717, 1.165) is 35.8 Å². The van der Waals surface area contributed by atoms with Crippen LogP contribution >= 0.6 is 0 Å². The Kier molecular flexibility index (Phi) is 2.54. The number of nitrogens with one attached hydrogen (secondary N) is 1. The number of rotatable bonds is 2. The molecule has 0 saturated heterocycles. The van der Waals surface area contributed by atoms with E-state index < -0.39 is 0 Å². The zero-order valence-corrected chi connectivity index (χ0v) is 10.9. The lowest BCUT2D eigenvalue weighted by atomic mass is 10.0. The van der Waals surface area contributed by atoms with Gasteiger partial charge in [0, 0.05) is 25.2 Å². The molecule has 3 rings (SSSR count). The Bertz CT molecular complexity index is 539. The summed E-state index contributed by atoms with van der Waals surface area (Å²) in [6.07, 6.45) is 4.44. The molecule has 0 fully saturated rings. The molecule has 0 aliphatic carbocycles. The summed E-state index contributed by atoms with van der Waals surface area (Å²) in [5.41, 5.74) is 4.35. The van der Waals surface area contributed by atoms with Gasteiger partial charge in [0.15, 0.2) is 0 Å². The second-order valence-corrected chi connectivity index (χ2v) is 4.90. The van der Waals surface area contributed by atoms with Crippen molar-refractivity contribution >= 4 is 11.4 Å². The maximum Gasteiger partial charge on any atom is 0.137 e. The van der Waals surface area contributed by atoms with Crippen LogP contribution in [0.25, 0.3) is 0 Å². The highest BCUT2D eigenvalue weighted by atomic mass is 16.5. The van der Waals surface area contributed by atoms with Crippen LogP contribution in [0.2, 0.25) is 0 Å². The monoisotopic (exact) mass is 247 g/mol. The van der Waals surface area contributed by atoms with Crippen molar-refractivity contribution in [2.75, 3.05) is 23.8 Å². The number of anilines is 2. The minimum Gasteiger partial charge on any atom is -0.468 e. The molecule has 2 aromatic heterocycles. The second-order valence-electron chi connectivity index (χ2n) is 4.90. The van der Waals surface area contributed by atoms with Gasteiger partial charge >= 0.3 is 0 Å². The lowest BCUT2D eigenvalue weighted by Gasteiger charge is -2.32. The third-order valence-electron chi connectivity index (χ3n) is 3.54. The zero-order valence-electron chi connectivity index (χ0n) is 10.9. The first-order valence-electron chi connectivity index (χ1n) is 6.10. The number of hydrogen-bond acceptors (Lipinski definition) is 5. The Morgan fingerprint density at radius 3 is 3.00 bits per heavy atom. The van der Waals surface area contributed by atoms with E-state index in [9.17, 15) is 0 Å². The predicted octanol–water partition coefficient (Wildman–Crippen LogP) is 2.36. The van der Waals surface area contributed by atoms with Crippen molar-refractivity contribution in [2.24, 2.45) is 0 Å². The van der Waals surface area contributed by atoms with Crippen molar-refractivity contribution in [3.05, 3.63) is 29.5 Å². The molecular weight excluding hydrogens is 230 g/mol. The highest BCUT2D eigenvalue weighted by Crippen LogP contribution is 2.31. The molecule has 1 aliphatic rings. The fourth-order valence-corrected chi connectivity index (χ4v) is 2.54. The fourth-order valence-electron chi connectivity index (χ4n) is 2.54. The Labute approximate surface area is 106 Å². The van der Waals surface area contributed by atoms with Gasteiger partial charge in [-0.3, -0.25) is 0 Å². The fraction of sp³-hybridized carbons (Fsp3) is 0.462. The van der Waals surface area contributed by atoms with Gasteiger partial charge in [0.2, 0.25) is 0 Å². The highest BCUT2D eigenvalue weighted by molar-refractivity contribution is 5.70. The molecule has 0 saturated carbocycles. The largest absolute Gasteiger partial charge is 0.468 e. The lowest BCUT2D eigenvalue weighted by Crippen LogP contribution is -2.40. The molecule has 0 amide bonds. The third-order valence-corrected chi connectivity index (χ3v) is 3.54. The summed E-state index contributed by atoms with van der Waals surface area (Å²) in [6, 6.07) is 0.344. The minimum atomic E-state index is 0.344. The molecule has 5 nitrogen and oxygen atoms in total. The molecule has 2 aromatic rings. The average molecular weight is 247 g/mol. The summed E-state index contributed by atoms with van der Waals surface area (Å²) >= 11 is 0. The normalized spacial score (nSPS) is 18.6. The van der Waals surface area contributed by atoms with Crippen molar-refractivity contribution in [1.29, 1.82) is 0 Å². The van der Waals surface area contributed by atoms with Gasteiger partial charge < -0.3 is 19.2 Å². The molecule has 96 valence electrons. The van der Waals surface area contributed by atoms with Crippen molar-refractivity contribution in [1.82, 2.24) is 5.16 Å². The molecule has 5 heteroatoms. The van der Waals surface area contributed by atoms with E-state index in [1.54, 1.807) is 12.5 Å². The Morgan fingerprint density at radius 2 is 2.28 bits per heavy atom. The summed E-state index contributed by atoms with van der Waals surface area (Å²) in [5.74, 6) is 0.912. The predicted molar refractivity (Wildman–Crippen MR) is 69.1 cm³/mol. The average Bonchev–Trinajstić information content (AvgIpc) is 2.91. The smallest absolute Gasteiger partial charge is 0.137 e. The number of aromatic nitrogens is 1. The number of aryl methyl sites for hydroxylation is 2. The summed E-state index contributed by atoms with van der Waals surface area (Å²) in [5, 5.41) is 7.50. The van der Waals surface area contributed by atoms with Crippen molar-refractivity contribution < 1.29 is 8.94 Å². The lowest BCUT2D eigenvalue weighted by molar-refractivity contribution is 0.392. The molecule has 18 heavy (non-hydrogen) atoms. The van der Waals surface area contributed by atoms with Gasteiger partial charge in [-0.25, -0.2) is 0 Å². The Morgan fingerprint density at radius 1 is 1.44 bits per heavy atom. The highest BCUT2D eigenvalue weighted by Gasteiger charge is 2.25. The maximum atomic E-state index is 5.23. The number of hydrogen-bond donors (Lipinski definition) is 1. The maximum absolute atomic E-state index is 5.23. The van der Waals surface area contributed by atoms with E-state index in [1.807, 2.05) is 13.8 Å². The van der Waals surface area contributed by atoms with Gasteiger partial charge in [-0.1, -0.05) is 5.16 Å². The van der Waals surface area contributed by atoms with Crippen LogP contribution in [-0.4, -0.2) is 24.8 Å². The minimum absolute atomic E-state index is 0.344. The van der Waals surface area contributed by atoms with Gasteiger partial charge in [-0.05, 0) is 20.3 Å². The molecular formula is C13H17N3O2. The standard InChI is InChI=1S/C13H17N3O2/c1-8-11(9(2)18-15-8)4-10-5-16(3)13-7-17-6-12(13)14-10/h6-7,10,14H,4-5H2,1-3H3. The van der Waals surface area contributed by atoms with Crippen LogP contribution in [0, 0.1) is 13.8 Å². The molecule has 1 unspecified atom stereocenters. The van der Waals surface area contributed by atoms with E-state index in [1.165, 1.54) is 5.56 Å². The Hall–Kier alpha value is -1.91. The summed E-state index contributed by atoms with van der Waals surface area (Å²) in [7, 11) is 2.08. The summed E-state index contributed by atoms with van der Waals surface area (Å²) in [6.45, 7) is 4.89. The first-order chi connectivity index (χ1) is 8.65. The molecule has 1 atom stereocenters. The first kappa shape index (κ1) is 11.2. The zero-order chi connectivity index (χ0) is 12.7. The topological polar surface area (TPSA) is 54.4 Å². The number of furan rings is 1. The van der Waals surface area contributed by atoms with E-state index in [0.29, 0.717) is 6.04 Å². The van der Waals surface area contributed by atoms with Crippen LogP contribution in [0.1, 0.15) is 17.0 Å².